The van der Waals surface area contributed by atoms with E-state index in [1.54, 1.807) is 23.1 Å². The Hall–Kier alpha value is -3.39. The van der Waals surface area contributed by atoms with Crippen molar-refractivity contribution < 1.29 is 19.1 Å². The summed E-state index contributed by atoms with van der Waals surface area (Å²) < 4.78 is 13.1. The van der Waals surface area contributed by atoms with Crippen LogP contribution in [0.2, 0.25) is 0 Å². The zero-order valence-electron chi connectivity index (χ0n) is 16.0. The van der Waals surface area contributed by atoms with Crippen LogP contribution in [0.15, 0.2) is 60.7 Å². The average molecular weight is 425 g/mol. The number of hydrogen-bond donors (Lipinski definition) is 2. The van der Waals surface area contributed by atoms with Crippen molar-refractivity contribution in [2.75, 3.05) is 36.4 Å². The third-order valence-corrected chi connectivity index (χ3v) is 6.16. The molecule has 2 amide bonds. The minimum absolute atomic E-state index is 0.104. The van der Waals surface area contributed by atoms with Crippen LogP contribution in [0.3, 0.4) is 0 Å². The van der Waals surface area contributed by atoms with Gasteiger partial charge in [0.1, 0.15) is 10.7 Å². The lowest BCUT2D eigenvalue weighted by molar-refractivity contribution is 0.0703. The van der Waals surface area contributed by atoms with Gasteiger partial charge in [-0.05, 0) is 35.9 Å². The van der Waals surface area contributed by atoms with Gasteiger partial charge in [0.05, 0.1) is 5.69 Å². The zero-order valence-corrected chi connectivity index (χ0v) is 16.9. The van der Waals surface area contributed by atoms with Crippen LogP contribution in [0.5, 0.6) is 0 Å². The molecule has 6 nitrogen and oxygen atoms in total. The van der Waals surface area contributed by atoms with Gasteiger partial charge in [-0.15, -0.1) is 11.3 Å². The number of nitrogens with zero attached hydrogens (tertiary/aromatic N) is 2. The highest BCUT2D eigenvalue weighted by Gasteiger charge is 2.24. The van der Waals surface area contributed by atoms with Crippen LogP contribution < -0.4 is 10.2 Å². The molecule has 1 fully saturated rings. The number of hydrogen-bond acceptors (Lipinski definition) is 4. The number of halogens is 1. The molecular formula is C22H20FN3O3S. The molecule has 8 heteroatoms. The average Bonchev–Trinajstić information content (AvgIpc) is 3.19. The third kappa shape index (κ3) is 4.28. The first kappa shape index (κ1) is 19.9. The molecule has 0 saturated carbocycles. The topological polar surface area (TPSA) is 72.9 Å². The summed E-state index contributed by atoms with van der Waals surface area (Å²) in [7, 11) is 0. The fourth-order valence-corrected chi connectivity index (χ4v) is 4.36. The van der Waals surface area contributed by atoms with Gasteiger partial charge in [0.2, 0.25) is 0 Å². The molecule has 154 valence electrons. The summed E-state index contributed by atoms with van der Waals surface area (Å²) in [5, 5.41) is 12.3. The van der Waals surface area contributed by atoms with Gasteiger partial charge in [0.25, 0.3) is 0 Å². The quantitative estimate of drug-likeness (QED) is 0.641. The summed E-state index contributed by atoms with van der Waals surface area (Å²) in [5.74, 6) is -1.35. The van der Waals surface area contributed by atoms with Crippen molar-refractivity contribution in [1.29, 1.82) is 0 Å². The number of carbonyl (C=O) groups is 2. The van der Waals surface area contributed by atoms with Crippen molar-refractivity contribution in [1.82, 2.24) is 4.90 Å². The number of nitrogens with one attached hydrogen (secondary N) is 1. The Balaban J connectivity index is 1.43. The molecule has 1 aliphatic rings. The predicted octanol–water partition coefficient (Wildman–Crippen LogP) is 4.61. The number of rotatable bonds is 4. The Labute approximate surface area is 177 Å². The molecule has 3 aromatic rings. The third-order valence-electron chi connectivity index (χ3n) is 4.98. The van der Waals surface area contributed by atoms with E-state index in [4.69, 9.17) is 0 Å². The normalized spacial score (nSPS) is 13.9. The molecular weight excluding hydrogens is 405 g/mol. The van der Waals surface area contributed by atoms with E-state index in [2.05, 4.69) is 10.2 Å². The number of carbonyl (C=O) groups excluding carboxylic acids is 1. The smallest absolute Gasteiger partial charge is 0.348 e. The molecule has 30 heavy (non-hydrogen) atoms. The highest BCUT2D eigenvalue weighted by Crippen LogP contribution is 2.35. The lowest BCUT2D eigenvalue weighted by Crippen LogP contribution is -2.50. The monoisotopic (exact) mass is 425 g/mol. The molecule has 0 atom stereocenters. The van der Waals surface area contributed by atoms with E-state index in [0.29, 0.717) is 31.9 Å². The Morgan fingerprint density at radius 1 is 0.967 bits per heavy atom. The van der Waals surface area contributed by atoms with E-state index in [0.717, 1.165) is 27.5 Å². The zero-order chi connectivity index (χ0) is 21.1. The van der Waals surface area contributed by atoms with Gasteiger partial charge in [-0.1, -0.05) is 30.3 Å². The second-order valence-corrected chi connectivity index (χ2v) is 7.96. The van der Waals surface area contributed by atoms with E-state index in [1.807, 2.05) is 30.3 Å². The minimum atomic E-state index is -1.07. The first-order valence-corrected chi connectivity index (χ1v) is 10.3. The molecule has 0 unspecified atom stereocenters. The van der Waals surface area contributed by atoms with Crippen LogP contribution in [-0.4, -0.2) is 48.2 Å². The van der Waals surface area contributed by atoms with Crippen molar-refractivity contribution in [2.24, 2.45) is 0 Å². The minimum Gasteiger partial charge on any atom is -0.477 e. The van der Waals surface area contributed by atoms with Crippen molar-refractivity contribution in [3.05, 3.63) is 71.4 Å². The van der Waals surface area contributed by atoms with Crippen molar-refractivity contribution in [2.45, 2.75) is 0 Å². The van der Waals surface area contributed by atoms with E-state index < -0.39 is 5.97 Å². The van der Waals surface area contributed by atoms with Crippen LogP contribution in [0.25, 0.3) is 10.4 Å². The molecule has 2 N–H and O–H groups in total. The van der Waals surface area contributed by atoms with E-state index in [-0.39, 0.29) is 16.7 Å². The summed E-state index contributed by atoms with van der Waals surface area (Å²) in [6.45, 7) is 2.20. The largest absolute Gasteiger partial charge is 0.477 e. The molecule has 0 aliphatic carbocycles. The fraction of sp³-hybridized carbons (Fsp3) is 0.182. The number of carboxylic acids is 1. The number of amides is 2. The summed E-state index contributed by atoms with van der Waals surface area (Å²) in [4.78, 5) is 29.0. The highest BCUT2D eigenvalue weighted by molar-refractivity contribution is 7.18. The number of benzene rings is 2. The van der Waals surface area contributed by atoms with Gasteiger partial charge in [0, 0.05) is 36.7 Å². The molecule has 2 heterocycles. The Kier molecular flexibility index (Phi) is 5.67. The lowest BCUT2D eigenvalue weighted by atomic mass is 10.2. The van der Waals surface area contributed by atoms with E-state index in [1.165, 1.54) is 12.1 Å². The van der Waals surface area contributed by atoms with E-state index in [9.17, 15) is 19.1 Å². The van der Waals surface area contributed by atoms with Crippen LogP contribution in [0.4, 0.5) is 20.6 Å². The Morgan fingerprint density at radius 3 is 2.27 bits per heavy atom. The highest BCUT2D eigenvalue weighted by atomic mass is 32.1. The molecule has 1 aromatic heterocycles. The fourth-order valence-electron chi connectivity index (χ4n) is 3.40. The number of aromatic carboxylic acids is 1. The first-order chi connectivity index (χ1) is 14.5. The standard InChI is InChI=1S/C22H20FN3O3S/c23-16-6-8-17(9-7-16)25-10-12-26(13-11-25)22(29)24-18-14-19(30-20(18)21(27)28)15-4-2-1-3-5-15/h1-9,14H,10-13H2,(H,24,29)(H,27,28). The second kappa shape index (κ2) is 8.54. The number of piperazine rings is 1. The van der Waals surface area contributed by atoms with Gasteiger partial charge in [-0.2, -0.15) is 0 Å². The second-order valence-electron chi connectivity index (χ2n) is 6.91. The van der Waals surface area contributed by atoms with Gasteiger partial charge in [-0.3, -0.25) is 0 Å². The maximum absolute atomic E-state index is 13.1. The number of urea groups is 1. The molecule has 2 aromatic carbocycles. The molecule has 0 bridgehead atoms. The molecule has 4 rings (SSSR count). The number of carboxylic acid groups (broad SMARTS) is 1. The maximum Gasteiger partial charge on any atom is 0.348 e. The lowest BCUT2D eigenvalue weighted by Gasteiger charge is -2.36. The van der Waals surface area contributed by atoms with Gasteiger partial charge >= 0.3 is 12.0 Å². The summed E-state index contributed by atoms with van der Waals surface area (Å²) in [6, 6.07) is 17.1. The number of anilines is 2. The summed E-state index contributed by atoms with van der Waals surface area (Å²) in [6.07, 6.45) is 0. The van der Waals surface area contributed by atoms with Crippen LogP contribution in [-0.2, 0) is 0 Å². The maximum atomic E-state index is 13.1. The van der Waals surface area contributed by atoms with Crippen LogP contribution in [0, 0.1) is 5.82 Å². The summed E-state index contributed by atoms with van der Waals surface area (Å²) in [5.41, 5.74) is 2.12. The Morgan fingerprint density at radius 2 is 1.63 bits per heavy atom. The van der Waals surface area contributed by atoms with Crippen molar-refractivity contribution in [3.63, 3.8) is 0 Å². The SMILES string of the molecule is O=C(O)c1sc(-c2ccccc2)cc1NC(=O)N1CCN(c2ccc(F)cc2)CC1. The predicted molar refractivity (Wildman–Crippen MR) is 116 cm³/mol. The van der Waals surface area contributed by atoms with Crippen LogP contribution in [0.1, 0.15) is 9.67 Å². The van der Waals surface area contributed by atoms with Crippen molar-refractivity contribution in [3.8, 4) is 10.4 Å². The number of thiophene rings is 1. The van der Waals surface area contributed by atoms with E-state index >= 15 is 0 Å². The van der Waals surface area contributed by atoms with Gasteiger partial charge < -0.3 is 20.2 Å². The Bertz CT molecular complexity index is 1050. The van der Waals surface area contributed by atoms with Gasteiger partial charge in [0.15, 0.2) is 0 Å². The summed E-state index contributed by atoms with van der Waals surface area (Å²) >= 11 is 1.14. The molecule has 0 radical (unpaired) electrons. The molecule has 0 spiro atoms. The first-order valence-electron chi connectivity index (χ1n) is 9.50. The van der Waals surface area contributed by atoms with Crippen LogP contribution >= 0.6 is 11.3 Å². The van der Waals surface area contributed by atoms with Gasteiger partial charge in [-0.25, -0.2) is 14.0 Å². The molecule has 1 aliphatic heterocycles. The molecule has 1 saturated heterocycles. The van der Waals surface area contributed by atoms with Crippen molar-refractivity contribution >= 4 is 34.7 Å².